The molecule has 0 saturated carbocycles. The molecule has 4 nitrogen and oxygen atoms in total. The monoisotopic (exact) mass is 293 g/mol. The standard InChI is InChI=1S/C15H19NO3S/c1-2-15(17)16-6-5-14(20-8-7-16)11-3-4-12-13(9-11)19-10-18-12/h3-4,9,14H,2,5-8,10H2,1H3. The summed E-state index contributed by atoms with van der Waals surface area (Å²) in [5, 5.41) is 0.430. The zero-order valence-corrected chi connectivity index (χ0v) is 12.4. The van der Waals surface area contributed by atoms with Crippen molar-refractivity contribution < 1.29 is 14.3 Å². The van der Waals surface area contributed by atoms with E-state index < -0.39 is 0 Å². The largest absolute Gasteiger partial charge is 0.454 e. The molecule has 1 amide bonds. The summed E-state index contributed by atoms with van der Waals surface area (Å²) >= 11 is 1.92. The average molecular weight is 293 g/mol. The van der Waals surface area contributed by atoms with Gasteiger partial charge in [-0.2, -0.15) is 11.8 Å². The van der Waals surface area contributed by atoms with Crippen molar-refractivity contribution in [2.45, 2.75) is 25.0 Å². The Hall–Kier alpha value is -1.36. The van der Waals surface area contributed by atoms with Gasteiger partial charge in [0.15, 0.2) is 11.5 Å². The number of nitrogens with zero attached hydrogens (tertiary/aromatic N) is 1. The number of amides is 1. The fourth-order valence-electron chi connectivity index (χ4n) is 2.62. The van der Waals surface area contributed by atoms with Crippen LogP contribution < -0.4 is 9.47 Å². The van der Waals surface area contributed by atoms with Gasteiger partial charge in [0.1, 0.15) is 0 Å². The lowest BCUT2D eigenvalue weighted by Crippen LogP contribution is -2.32. The minimum absolute atomic E-state index is 0.261. The summed E-state index contributed by atoms with van der Waals surface area (Å²) in [6.45, 7) is 3.95. The SMILES string of the molecule is CCC(=O)N1CCSC(c2ccc3c(c2)OCO3)CC1. The van der Waals surface area contributed by atoms with Crippen LogP contribution in [0.15, 0.2) is 18.2 Å². The Balaban J connectivity index is 1.70. The van der Waals surface area contributed by atoms with Gasteiger partial charge in [0.2, 0.25) is 12.7 Å². The molecule has 3 rings (SSSR count). The Kier molecular flexibility index (Phi) is 4.05. The normalized spacial score (nSPS) is 21.6. The van der Waals surface area contributed by atoms with Gasteiger partial charge in [-0.3, -0.25) is 4.79 Å². The number of thioether (sulfide) groups is 1. The molecule has 5 heteroatoms. The molecule has 108 valence electrons. The van der Waals surface area contributed by atoms with Gasteiger partial charge in [0.25, 0.3) is 0 Å². The van der Waals surface area contributed by atoms with Gasteiger partial charge in [0, 0.05) is 30.5 Å². The van der Waals surface area contributed by atoms with E-state index in [1.54, 1.807) is 0 Å². The molecule has 0 aromatic heterocycles. The number of hydrogen-bond acceptors (Lipinski definition) is 4. The molecule has 20 heavy (non-hydrogen) atoms. The van der Waals surface area contributed by atoms with Gasteiger partial charge in [-0.1, -0.05) is 13.0 Å². The van der Waals surface area contributed by atoms with Crippen LogP contribution in [0.4, 0.5) is 0 Å². The van der Waals surface area contributed by atoms with Crippen LogP contribution in [0, 0.1) is 0 Å². The second-order valence-electron chi connectivity index (χ2n) is 5.00. The molecular weight excluding hydrogens is 274 g/mol. The third kappa shape index (κ3) is 2.73. The molecule has 0 radical (unpaired) electrons. The van der Waals surface area contributed by atoms with Crippen molar-refractivity contribution in [1.82, 2.24) is 4.90 Å². The third-order valence-electron chi connectivity index (χ3n) is 3.77. The minimum atomic E-state index is 0.261. The second kappa shape index (κ2) is 5.95. The highest BCUT2D eigenvalue weighted by molar-refractivity contribution is 7.99. The van der Waals surface area contributed by atoms with Crippen molar-refractivity contribution in [3.63, 3.8) is 0 Å². The zero-order chi connectivity index (χ0) is 13.9. The summed E-state index contributed by atoms with van der Waals surface area (Å²) in [6.07, 6.45) is 1.59. The molecule has 1 fully saturated rings. The second-order valence-corrected chi connectivity index (χ2v) is 6.31. The van der Waals surface area contributed by atoms with E-state index in [0.717, 1.165) is 36.8 Å². The summed E-state index contributed by atoms with van der Waals surface area (Å²) in [5.74, 6) is 2.92. The number of ether oxygens (including phenoxy) is 2. The van der Waals surface area contributed by atoms with Crippen LogP contribution in [0.25, 0.3) is 0 Å². The van der Waals surface area contributed by atoms with Crippen LogP contribution in [-0.2, 0) is 4.79 Å². The molecule has 1 aromatic carbocycles. The Morgan fingerprint density at radius 3 is 3.05 bits per heavy atom. The first-order valence-corrected chi connectivity index (χ1v) is 8.11. The van der Waals surface area contributed by atoms with Crippen LogP contribution in [0.1, 0.15) is 30.6 Å². The van der Waals surface area contributed by atoms with Crippen molar-refractivity contribution in [2.75, 3.05) is 25.6 Å². The predicted molar refractivity (Wildman–Crippen MR) is 79.3 cm³/mol. The maximum Gasteiger partial charge on any atom is 0.231 e. The summed E-state index contributed by atoms with van der Waals surface area (Å²) in [6, 6.07) is 6.18. The van der Waals surface area contributed by atoms with E-state index in [1.807, 2.05) is 29.7 Å². The van der Waals surface area contributed by atoms with Crippen LogP contribution >= 0.6 is 11.8 Å². The first-order valence-electron chi connectivity index (χ1n) is 7.07. The van der Waals surface area contributed by atoms with Gasteiger partial charge < -0.3 is 14.4 Å². The van der Waals surface area contributed by atoms with Gasteiger partial charge in [-0.15, -0.1) is 0 Å². The van der Waals surface area contributed by atoms with Crippen molar-refractivity contribution >= 4 is 17.7 Å². The van der Waals surface area contributed by atoms with E-state index in [2.05, 4.69) is 12.1 Å². The summed E-state index contributed by atoms with van der Waals surface area (Å²) in [5.41, 5.74) is 1.27. The Morgan fingerprint density at radius 1 is 1.35 bits per heavy atom. The van der Waals surface area contributed by atoms with E-state index in [-0.39, 0.29) is 5.91 Å². The predicted octanol–water partition coefficient (Wildman–Crippen LogP) is 2.83. The fraction of sp³-hybridized carbons (Fsp3) is 0.533. The molecule has 0 aliphatic carbocycles. The lowest BCUT2D eigenvalue weighted by Gasteiger charge is -2.19. The number of carbonyl (C=O) groups excluding carboxylic acids is 1. The van der Waals surface area contributed by atoms with E-state index in [0.29, 0.717) is 18.5 Å². The van der Waals surface area contributed by atoms with Gasteiger partial charge in [0.05, 0.1) is 0 Å². The lowest BCUT2D eigenvalue weighted by molar-refractivity contribution is -0.130. The van der Waals surface area contributed by atoms with Crippen LogP contribution in [-0.4, -0.2) is 36.4 Å². The molecule has 0 N–H and O–H groups in total. The maximum absolute atomic E-state index is 11.8. The summed E-state index contributed by atoms with van der Waals surface area (Å²) < 4.78 is 10.8. The third-order valence-corrected chi connectivity index (χ3v) is 5.09. The van der Waals surface area contributed by atoms with Gasteiger partial charge in [-0.25, -0.2) is 0 Å². The van der Waals surface area contributed by atoms with E-state index in [9.17, 15) is 4.79 Å². The molecule has 2 aliphatic rings. The summed E-state index contributed by atoms with van der Waals surface area (Å²) in [4.78, 5) is 13.8. The van der Waals surface area contributed by atoms with Crippen molar-refractivity contribution in [1.29, 1.82) is 0 Å². The van der Waals surface area contributed by atoms with E-state index in [1.165, 1.54) is 5.56 Å². The highest BCUT2D eigenvalue weighted by atomic mass is 32.2. The number of benzene rings is 1. The topological polar surface area (TPSA) is 38.8 Å². The molecule has 1 atom stereocenters. The Morgan fingerprint density at radius 2 is 2.20 bits per heavy atom. The average Bonchev–Trinajstić information content (AvgIpc) is 2.81. The van der Waals surface area contributed by atoms with E-state index in [4.69, 9.17) is 9.47 Å². The minimum Gasteiger partial charge on any atom is -0.454 e. The molecular formula is C15H19NO3S. The maximum atomic E-state index is 11.8. The molecule has 1 saturated heterocycles. The van der Waals surface area contributed by atoms with Crippen LogP contribution in [0.3, 0.4) is 0 Å². The zero-order valence-electron chi connectivity index (χ0n) is 11.6. The lowest BCUT2D eigenvalue weighted by atomic mass is 10.1. The Bertz CT molecular complexity index is 506. The molecule has 1 unspecified atom stereocenters. The van der Waals surface area contributed by atoms with Crippen molar-refractivity contribution in [3.8, 4) is 11.5 Å². The number of fused-ring (bicyclic) bond motifs is 1. The Labute approximate surface area is 123 Å². The smallest absolute Gasteiger partial charge is 0.231 e. The number of rotatable bonds is 2. The first kappa shape index (κ1) is 13.6. The van der Waals surface area contributed by atoms with Gasteiger partial charge >= 0.3 is 0 Å². The molecule has 2 aliphatic heterocycles. The van der Waals surface area contributed by atoms with E-state index >= 15 is 0 Å². The molecule has 0 bridgehead atoms. The molecule has 2 heterocycles. The highest BCUT2D eigenvalue weighted by Gasteiger charge is 2.23. The van der Waals surface area contributed by atoms with Crippen LogP contribution in [0.5, 0.6) is 11.5 Å². The fourth-order valence-corrected chi connectivity index (χ4v) is 3.84. The highest BCUT2D eigenvalue weighted by Crippen LogP contribution is 2.40. The first-order chi connectivity index (χ1) is 9.78. The van der Waals surface area contributed by atoms with Crippen molar-refractivity contribution in [2.24, 2.45) is 0 Å². The summed E-state index contributed by atoms with van der Waals surface area (Å²) in [7, 11) is 0. The van der Waals surface area contributed by atoms with Crippen molar-refractivity contribution in [3.05, 3.63) is 23.8 Å². The quantitative estimate of drug-likeness (QED) is 0.840. The molecule has 0 spiro atoms. The number of carbonyl (C=O) groups is 1. The van der Waals surface area contributed by atoms with Crippen LogP contribution in [0.2, 0.25) is 0 Å². The van der Waals surface area contributed by atoms with Gasteiger partial charge in [-0.05, 0) is 24.1 Å². The number of hydrogen-bond donors (Lipinski definition) is 0. The molecule has 1 aromatic rings.